The normalized spacial score (nSPS) is 28.3. The molecule has 1 aliphatic heterocycles. The van der Waals surface area contributed by atoms with Gasteiger partial charge < -0.3 is 24.8 Å². The molecule has 0 bridgehead atoms. The Morgan fingerprint density at radius 3 is 2.79 bits per heavy atom. The van der Waals surface area contributed by atoms with Crippen molar-refractivity contribution in [2.45, 2.75) is 51.0 Å². The summed E-state index contributed by atoms with van der Waals surface area (Å²) in [4.78, 5) is 2.38. The van der Waals surface area contributed by atoms with Crippen molar-refractivity contribution >= 4 is 0 Å². The summed E-state index contributed by atoms with van der Waals surface area (Å²) in [5.74, 6) is 0. The lowest BCUT2D eigenvalue weighted by molar-refractivity contribution is -0.0321. The Bertz CT molecular complexity index is 241. The minimum absolute atomic E-state index is 0.0306. The average Bonchev–Trinajstić information content (AvgIpc) is 2.38. The van der Waals surface area contributed by atoms with E-state index in [1.54, 1.807) is 7.11 Å². The molecule has 4 unspecified atom stereocenters. The number of aliphatic hydroxyl groups is 1. The zero-order valence-corrected chi connectivity index (χ0v) is 12.8. The van der Waals surface area contributed by atoms with Crippen LogP contribution in [0.4, 0.5) is 0 Å². The number of likely N-dealkylation sites (tertiary alicyclic amines) is 1. The van der Waals surface area contributed by atoms with E-state index in [9.17, 15) is 5.11 Å². The minimum atomic E-state index is -0.450. The quantitative estimate of drug-likeness (QED) is 0.674. The van der Waals surface area contributed by atoms with Crippen molar-refractivity contribution in [2.75, 3.05) is 40.5 Å². The molecular weight excluding hydrogens is 244 g/mol. The molecule has 1 aliphatic rings. The van der Waals surface area contributed by atoms with Crippen LogP contribution in [-0.4, -0.2) is 74.8 Å². The van der Waals surface area contributed by atoms with Gasteiger partial charge in [-0.15, -0.1) is 0 Å². The molecule has 4 atom stereocenters. The van der Waals surface area contributed by atoms with Gasteiger partial charge in [-0.2, -0.15) is 0 Å². The van der Waals surface area contributed by atoms with Gasteiger partial charge in [0.2, 0.25) is 0 Å². The van der Waals surface area contributed by atoms with Gasteiger partial charge in [-0.1, -0.05) is 0 Å². The lowest BCUT2D eigenvalue weighted by atomic mass is 9.99. The van der Waals surface area contributed by atoms with E-state index in [1.165, 1.54) is 0 Å². The minimum Gasteiger partial charge on any atom is -0.389 e. The molecule has 1 fully saturated rings. The molecule has 0 aromatic heterocycles. The van der Waals surface area contributed by atoms with Gasteiger partial charge in [0.25, 0.3) is 0 Å². The third kappa shape index (κ3) is 6.68. The number of rotatable bonds is 8. The Kier molecular flexibility index (Phi) is 7.87. The average molecular weight is 274 g/mol. The molecule has 1 heterocycles. The number of piperidine rings is 1. The second-order valence-corrected chi connectivity index (χ2v) is 5.71. The molecule has 2 N–H and O–H groups in total. The molecule has 1 saturated heterocycles. The van der Waals surface area contributed by atoms with Crippen LogP contribution in [0.15, 0.2) is 0 Å². The Labute approximate surface area is 117 Å². The predicted octanol–water partition coefficient (Wildman–Crippen LogP) is 0.471. The predicted molar refractivity (Wildman–Crippen MR) is 76.4 cm³/mol. The van der Waals surface area contributed by atoms with Gasteiger partial charge in [0.1, 0.15) is 0 Å². The SMILES string of the molecule is COCC(C)OCC(O)CNC1CCN(C)C(C)C1. The number of methoxy groups -OCH3 is 1. The molecule has 1 rings (SSSR count). The Morgan fingerprint density at radius 1 is 1.42 bits per heavy atom. The number of ether oxygens (including phenoxy) is 2. The van der Waals surface area contributed by atoms with E-state index in [4.69, 9.17) is 9.47 Å². The molecule has 0 aromatic carbocycles. The summed E-state index contributed by atoms with van der Waals surface area (Å²) in [5, 5.41) is 13.3. The summed E-state index contributed by atoms with van der Waals surface area (Å²) in [7, 11) is 3.82. The van der Waals surface area contributed by atoms with Crippen LogP contribution < -0.4 is 5.32 Å². The Balaban J connectivity index is 2.11. The van der Waals surface area contributed by atoms with Crippen molar-refractivity contribution in [1.82, 2.24) is 10.2 Å². The van der Waals surface area contributed by atoms with Gasteiger partial charge in [-0.25, -0.2) is 0 Å². The summed E-state index contributed by atoms with van der Waals surface area (Å²) in [5.41, 5.74) is 0. The van der Waals surface area contributed by atoms with E-state index >= 15 is 0 Å². The zero-order chi connectivity index (χ0) is 14.3. The van der Waals surface area contributed by atoms with Gasteiger partial charge in [-0.3, -0.25) is 0 Å². The van der Waals surface area contributed by atoms with Crippen LogP contribution in [0.2, 0.25) is 0 Å². The van der Waals surface area contributed by atoms with Crippen molar-refractivity contribution in [1.29, 1.82) is 0 Å². The van der Waals surface area contributed by atoms with Gasteiger partial charge in [-0.05, 0) is 40.3 Å². The first-order valence-corrected chi connectivity index (χ1v) is 7.25. The highest BCUT2D eigenvalue weighted by molar-refractivity contribution is 4.81. The maximum atomic E-state index is 9.88. The lowest BCUT2D eigenvalue weighted by Gasteiger charge is -2.35. The largest absolute Gasteiger partial charge is 0.389 e. The highest BCUT2D eigenvalue weighted by Gasteiger charge is 2.22. The first kappa shape index (κ1) is 16.9. The molecule has 0 radical (unpaired) electrons. The smallest absolute Gasteiger partial charge is 0.0897 e. The van der Waals surface area contributed by atoms with Crippen molar-refractivity contribution in [3.63, 3.8) is 0 Å². The lowest BCUT2D eigenvalue weighted by Crippen LogP contribution is -2.47. The fourth-order valence-corrected chi connectivity index (χ4v) is 2.39. The Morgan fingerprint density at radius 2 is 2.16 bits per heavy atom. The second-order valence-electron chi connectivity index (χ2n) is 5.71. The second kappa shape index (κ2) is 8.87. The molecule has 114 valence electrons. The van der Waals surface area contributed by atoms with E-state index in [0.29, 0.717) is 31.8 Å². The van der Waals surface area contributed by atoms with Crippen molar-refractivity contribution in [2.24, 2.45) is 0 Å². The standard InChI is InChI=1S/C14H30N2O3/c1-11-7-13(5-6-16(11)3)15-8-14(17)10-19-12(2)9-18-4/h11-15,17H,5-10H2,1-4H3. The molecule has 19 heavy (non-hydrogen) atoms. The topological polar surface area (TPSA) is 54.0 Å². The fraction of sp³-hybridized carbons (Fsp3) is 1.00. The summed E-state index contributed by atoms with van der Waals surface area (Å²) >= 11 is 0. The molecule has 5 heteroatoms. The number of nitrogens with one attached hydrogen (secondary N) is 1. The van der Waals surface area contributed by atoms with Crippen LogP contribution in [0.5, 0.6) is 0 Å². The summed E-state index contributed by atoms with van der Waals surface area (Å²) in [6.45, 7) is 6.84. The van der Waals surface area contributed by atoms with Crippen molar-refractivity contribution in [3.8, 4) is 0 Å². The zero-order valence-electron chi connectivity index (χ0n) is 12.8. The fourth-order valence-electron chi connectivity index (χ4n) is 2.39. The first-order chi connectivity index (χ1) is 9.02. The summed E-state index contributed by atoms with van der Waals surface area (Å²) in [6, 6.07) is 1.12. The van der Waals surface area contributed by atoms with E-state index < -0.39 is 6.10 Å². The third-order valence-electron chi connectivity index (χ3n) is 3.82. The van der Waals surface area contributed by atoms with E-state index in [1.807, 2.05) is 6.92 Å². The third-order valence-corrected chi connectivity index (χ3v) is 3.82. The molecule has 0 aromatic rings. The summed E-state index contributed by atoms with van der Waals surface area (Å²) in [6.07, 6.45) is 1.87. The first-order valence-electron chi connectivity index (χ1n) is 7.25. The van der Waals surface area contributed by atoms with Crippen LogP contribution in [-0.2, 0) is 9.47 Å². The van der Waals surface area contributed by atoms with Gasteiger partial charge >= 0.3 is 0 Å². The molecule has 5 nitrogen and oxygen atoms in total. The molecule has 0 spiro atoms. The van der Waals surface area contributed by atoms with Crippen LogP contribution in [0, 0.1) is 0 Å². The van der Waals surface area contributed by atoms with Crippen molar-refractivity contribution < 1.29 is 14.6 Å². The maximum Gasteiger partial charge on any atom is 0.0897 e. The van der Waals surface area contributed by atoms with Crippen LogP contribution in [0.3, 0.4) is 0 Å². The van der Waals surface area contributed by atoms with Crippen molar-refractivity contribution in [3.05, 3.63) is 0 Å². The highest BCUT2D eigenvalue weighted by atomic mass is 16.5. The van der Waals surface area contributed by atoms with E-state index in [2.05, 4.69) is 24.2 Å². The van der Waals surface area contributed by atoms with E-state index in [0.717, 1.165) is 19.4 Å². The van der Waals surface area contributed by atoms with Crippen LogP contribution >= 0.6 is 0 Å². The number of hydrogen-bond acceptors (Lipinski definition) is 5. The van der Waals surface area contributed by atoms with Crippen LogP contribution in [0.25, 0.3) is 0 Å². The van der Waals surface area contributed by atoms with Gasteiger partial charge in [0.15, 0.2) is 0 Å². The molecule has 0 saturated carbocycles. The van der Waals surface area contributed by atoms with Gasteiger partial charge in [0, 0.05) is 25.7 Å². The highest BCUT2D eigenvalue weighted by Crippen LogP contribution is 2.15. The van der Waals surface area contributed by atoms with Gasteiger partial charge in [0.05, 0.1) is 25.4 Å². The molecule has 0 aliphatic carbocycles. The van der Waals surface area contributed by atoms with E-state index in [-0.39, 0.29) is 6.10 Å². The maximum absolute atomic E-state index is 9.88. The van der Waals surface area contributed by atoms with Crippen LogP contribution in [0.1, 0.15) is 26.7 Å². The number of nitrogens with zero attached hydrogens (tertiary/aromatic N) is 1. The summed E-state index contributed by atoms with van der Waals surface area (Å²) < 4.78 is 10.5. The molecular formula is C14H30N2O3. The number of aliphatic hydroxyl groups excluding tert-OH is 1. The monoisotopic (exact) mass is 274 g/mol. The Hall–Kier alpha value is -0.200. The number of hydrogen-bond donors (Lipinski definition) is 2. The molecule has 0 amide bonds.